The lowest BCUT2D eigenvalue weighted by molar-refractivity contribution is 0.397. The van der Waals surface area contributed by atoms with Gasteiger partial charge in [0.05, 0.1) is 12.5 Å². The van der Waals surface area contributed by atoms with Crippen LogP contribution in [0.25, 0.3) is 0 Å². The zero-order valence-corrected chi connectivity index (χ0v) is 15.5. The highest BCUT2D eigenvalue weighted by atomic mass is 16.5. The zero-order chi connectivity index (χ0) is 16.8. The highest BCUT2D eigenvalue weighted by Gasteiger charge is 1.88. The molecule has 0 aromatic carbocycles. The van der Waals surface area contributed by atoms with Crippen LogP contribution >= 0.6 is 0 Å². The van der Waals surface area contributed by atoms with Crippen LogP contribution in [0.1, 0.15) is 90.9 Å². The topological polar surface area (TPSA) is 9.23 Å². The lowest BCUT2D eigenvalue weighted by Gasteiger charge is -1.97. The molecule has 0 atom stereocenters. The van der Waals surface area contributed by atoms with E-state index < -0.39 is 0 Å². The number of hydrogen-bond donors (Lipinski definition) is 0. The number of unbranched alkanes of at least 4 members (excludes halogenated alkanes) is 10. The molecule has 0 rings (SSSR count). The van der Waals surface area contributed by atoms with E-state index >= 15 is 0 Å². The third kappa shape index (κ3) is 20.8. The van der Waals surface area contributed by atoms with E-state index in [1.807, 2.05) is 12.5 Å². The van der Waals surface area contributed by atoms with E-state index in [0.29, 0.717) is 0 Å². The van der Waals surface area contributed by atoms with E-state index in [0.717, 1.165) is 12.8 Å². The van der Waals surface area contributed by atoms with Crippen molar-refractivity contribution in [2.24, 2.45) is 0 Å². The molecule has 0 bridgehead atoms. The third-order valence-corrected chi connectivity index (χ3v) is 3.80. The summed E-state index contributed by atoms with van der Waals surface area (Å²) in [5.41, 5.74) is 0. The van der Waals surface area contributed by atoms with Crippen molar-refractivity contribution < 1.29 is 4.74 Å². The van der Waals surface area contributed by atoms with Crippen molar-refractivity contribution in [1.29, 1.82) is 0 Å². The molecule has 0 N–H and O–H groups in total. The molecule has 0 aromatic heterocycles. The second kappa shape index (κ2) is 20.8. The molecule has 0 radical (unpaired) electrons. The molecule has 0 saturated carbocycles. The van der Waals surface area contributed by atoms with Crippen LogP contribution in [0.15, 0.2) is 49.0 Å². The largest absolute Gasteiger partial charge is 0.473 e. The Balaban J connectivity index is 3.20. The first kappa shape index (κ1) is 21.8. The van der Waals surface area contributed by atoms with E-state index in [1.54, 1.807) is 0 Å². The van der Waals surface area contributed by atoms with Gasteiger partial charge < -0.3 is 4.74 Å². The minimum absolute atomic E-state index is 1.13. The van der Waals surface area contributed by atoms with E-state index in [9.17, 15) is 0 Å². The molecule has 0 aliphatic rings. The Morgan fingerprint density at radius 3 is 1.17 bits per heavy atom. The Labute approximate surface area is 145 Å². The van der Waals surface area contributed by atoms with Crippen LogP contribution < -0.4 is 0 Å². The molecule has 1 heteroatoms. The standard InChI is InChI=1S/C22H38O/c1-3-5-7-9-11-13-15-17-19-21-23-22-20-18-16-14-12-10-8-6-4-2/h3-6,19-22H,7-18H2,1-2H3/b5-3+,6-4+,21-19+,22-20+. The number of rotatable bonds is 16. The molecule has 1 nitrogen and oxygen atoms in total. The van der Waals surface area contributed by atoms with Gasteiger partial charge in [0.1, 0.15) is 0 Å². The van der Waals surface area contributed by atoms with Gasteiger partial charge in [-0.05, 0) is 77.4 Å². The summed E-state index contributed by atoms with van der Waals surface area (Å²) in [6.07, 6.45) is 31.9. The zero-order valence-electron chi connectivity index (χ0n) is 15.5. The second-order valence-corrected chi connectivity index (χ2v) is 6.00. The summed E-state index contributed by atoms with van der Waals surface area (Å²) in [5.74, 6) is 0. The first-order valence-corrected chi connectivity index (χ1v) is 9.59. The maximum atomic E-state index is 5.37. The molecule has 0 aliphatic heterocycles. The fraction of sp³-hybridized carbons (Fsp3) is 0.636. The van der Waals surface area contributed by atoms with Gasteiger partial charge in [0, 0.05) is 0 Å². The Morgan fingerprint density at radius 1 is 0.478 bits per heavy atom. The smallest absolute Gasteiger partial charge is 0.0861 e. The SMILES string of the molecule is C/C=C/CCCCCC/C=C/O/C=C/CCCCCC/C=C/C. The molecule has 0 fully saturated rings. The van der Waals surface area contributed by atoms with Gasteiger partial charge in [-0.15, -0.1) is 0 Å². The van der Waals surface area contributed by atoms with Crippen LogP contribution in [-0.2, 0) is 4.74 Å². The molecule has 132 valence electrons. The molecule has 0 aromatic rings. The Kier molecular flexibility index (Phi) is 19.6. The molecule has 0 heterocycles. The van der Waals surface area contributed by atoms with Crippen LogP contribution in [0.3, 0.4) is 0 Å². The molecule has 0 spiro atoms. The summed E-state index contributed by atoms with van der Waals surface area (Å²) in [6, 6.07) is 0. The van der Waals surface area contributed by atoms with Crippen LogP contribution in [0.4, 0.5) is 0 Å². The van der Waals surface area contributed by atoms with Crippen molar-refractivity contribution in [3.8, 4) is 0 Å². The van der Waals surface area contributed by atoms with Crippen molar-refractivity contribution in [2.75, 3.05) is 0 Å². The molecular weight excluding hydrogens is 280 g/mol. The molecule has 0 aliphatic carbocycles. The van der Waals surface area contributed by atoms with E-state index in [4.69, 9.17) is 4.74 Å². The first-order chi connectivity index (χ1) is 11.4. The van der Waals surface area contributed by atoms with Crippen molar-refractivity contribution in [3.63, 3.8) is 0 Å². The minimum atomic E-state index is 1.13. The van der Waals surface area contributed by atoms with Gasteiger partial charge in [-0.2, -0.15) is 0 Å². The van der Waals surface area contributed by atoms with Gasteiger partial charge in [0.25, 0.3) is 0 Å². The van der Waals surface area contributed by atoms with Gasteiger partial charge >= 0.3 is 0 Å². The van der Waals surface area contributed by atoms with Crippen molar-refractivity contribution >= 4 is 0 Å². The Hall–Kier alpha value is -1.24. The van der Waals surface area contributed by atoms with Crippen molar-refractivity contribution in [2.45, 2.75) is 90.9 Å². The predicted molar refractivity (Wildman–Crippen MR) is 104 cm³/mol. The number of allylic oxidation sites excluding steroid dienone is 6. The molecule has 0 saturated heterocycles. The second-order valence-electron chi connectivity index (χ2n) is 6.00. The lowest BCUT2D eigenvalue weighted by Crippen LogP contribution is -1.78. The van der Waals surface area contributed by atoms with Crippen LogP contribution in [0.2, 0.25) is 0 Å². The predicted octanol–water partition coefficient (Wildman–Crippen LogP) is 7.86. The average Bonchev–Trinajstić information content (AvgIpc) is 2.57. The fourth-order valence-electron chi connectivity index (χ4n) is 2.38. The number of ether oxygens (including phenoxy) is 1. The van der Waals surface area contributed by atoms with E-state index in [-0.39, 0.29) is 0 Å². The quantitative estimate of drug-likeness (QED) is 0.160. The van der Waals surface area contributed by atoms with Crippen LogP contribution in [0.5, 0.6) is 0 Å². The molecule has 0 unspecified atom stereocenters. The third-order valence-electron chi connectivity index (χ3n) is 3.80. The summed E-state index contributed by atoms with van der Waals surface area (Å²) in [7, 11) is 0. The Bertz CT molecular complexity index is 291. The summed E-state index contributed by atoms with van der Waals surface area (Å²) in [5, 5.41) is 0. The number of hydrogen-bond acceptors (Lipinski definition) is 1. The maximum Gasteiger partial charge on any atom is 0.0861 e. The van der Waals surface area contributed by atoms with E-state index in [2.05, 4.69) is 50.3 Å². The van der Waals surface area contributed by atoms with E-state index in [1.165, 1.54) is 64.2 Å². The molecule has 23 heavy (non-hydrogen) atoms. The molecular formula is C22H38O. The minimum Gasteiger partial charge on any atom is -0.473 e. The summed E-state index contributed by atoms with van der Waals surface area (Å²) >= 11 is 0. The monoisotopic (exact) mass is 318 g/mol. The fourth-order valence-corrected chi connectivity index (χ4v) is 2.38. The van der Waals surface area contributed by atoms with Gasteiger partial charge in [-0.25, -0.2) is 0 Å². The average molecular weight is 319 g/mol. The lowest BCUT2D eigenvalue weighted by atomic mass is 10.1. The summed E-state index contributed by atoms with van der Waals surface area (Å²) in [4.78, 5) is 0. The van der Waals surface area contributed by atoms with Gasteiger partial charge in [-0.3, -0.25) is 0 Å². The summed E-state index contributed by atoms with van der Waals surface area (Å²) < 4.78 is 5.37. The van der Waals surface area contributed by atoms with Crippen molar-refractivity contribution in [3.05, 3.63) is 49.0 Å². The first-order valence-electron chi connectivity index (χ1n) is 9.59. The van der Waals surface area contributed by atoms with Gasteiger partial charge in [-0.1, -0.05) is 50.0 Å². The summed E-state index contributed by atoms with van der Waals surface area (Å²) in [6.45, 7) is 4.18. The molecule has 0 amide bonds. The van der Waals surface area contributed by atoms with Crippen molar-refractivity contribution in [1.82, 2.24) is 0 Å². The van der Waals surface area contributed by atoms with Gasteiger partial charge in [0.15, 0.2) is 0 Å². The normalized spacial score (nSPS) is 12.4. The maximum absolute atomic E-state index is 5.37. The van der Waals surface area contributed by atoms with Crippen LogP contribution in [-0.4, -0.2) is 0 Å². The highest BCUT2D eigenvalue weighted by molar-refractivity contribution is 4.80. The highest BCUT2D eigenvalue weighted by Crippen LogP contribution is 2.07. The van der Waals surface area contributed by atoms with Gasteiger partial charge in [0.2, 0.25) is 0 Å². The van der Waals surface area contributed by atoms with Crippen LogP contribution in [0, 0.1) is 0 Å². The Morgan fingerprint density at radius 2 is 0.826 bits per heavy atom.